The molecule has 0 bridgehead atoms. The summed E-state index contributed by atoms with van der Waals surface area (Å²) in [4.78, 5) is 26.9. The van der Waals surface area contributed by atoms with Gasteiger partial charge in [-0.05, 0) is 36.8 Å². The fraction of sp³-hybridized carbons (Fsp3) is 0.333. The molecule has 5 heteroatoms. The molecular formula is C15H17N3O2. The summed E-state index contributed by atoms with van der Waals surface area (Å²) in [6.07, 6.45) is 2.56. The Morgan fingerprint density at radius 3 is 2.85 bits per heavy atom. The van der Waals surface area contributed by atoms with E-state index in [0.29, 0.717) is 0 Å². The summed E-state index contributed by atoms with van der Waals surface area (Å²) in [5.41, 5.74) is 6.36. The zero-order valence-electron chi connectivity index (χ0n) is 11.1. The highest BCUT2D eigenvalue weighted by atomic mass is 16.2. The van der Waals surface area contributed by atoms with Gasteiger partial charge in [0.2, 0.25) is 0 Å². The van der Waals surface area contributed by atoms with Crippen molar-refractivity contribution in [2.24, 2.45) is 5.73 Å². The average Bonchev–Trinajstić information content (AvgIpc) is 2.83. The van der Waals surface area contributed by atoms with Crippen molar-refractivity contribution in [3.63, 3.8) is 0 Å². The van der Waals surface area contributed by atoms with E-state index in [1.54, 1.807) is 6.07 Å². The molecule has 1 heterocycles. The van der Waals surface area contributed by atoms with Gasteiger partial charge in [0.15, 0.2) is 0 Å². The van der Waals surface area contributed by atoms with E-state index in [4.69, 9.17) is 5.73 Å². The number of nitrogens with two attached hydrogens (primary N) is 1. The van der Waals surface area contributed by atoms with E-state index < -0.39 is 0 Å². The number of para-hydroxylation sites is 1. The van der Waals surface area contributed by atoms with Crippen LogP contribution in [0.4, 0.5) is 0 Å². The van der Waals surface area contributed by atoms with Crippen LogP contribution in [0.2, 0.25) is 0 Å². The minimum absolute atomic E-state index is 0.0726. The van der Waals surface area contributed by atoms with Gasteiger partial charge in [0, 0.05) is 17.6 Å². The highest BCUT2D eigenvalue weighted by molar-refractivity contribution is 5.97. The molecule has 2 aromatic rings. The monoisotopic (exact) mass is 271 g/mol. The van der Waals surface area contributed by atoms with Gasteiger partial charge in [-0.15, -0.1) is 0 Å². The molecule has 1 aliphatic carbocycles. The van der Waals surface area contributed by atoms with Crippen molar-refractivity contribution in [1.82, 2.24) is 10.3 Å². The first-order valence-corrected chi connectivity index (χ1v) is 6.82. The number of pyridine rings is 1. The summed E-state index contributed by atoms with van der Waals surface area (Å²) in [6, 6.07) is 9.26. The Morgan fingerprint density at radius 1 is 1.30 bits per heavy atom. The Hall–Kier alpha value is -2.14. The third-order valence-electron chi connectivity index (χ3n) is 3.81. The van der Waals surface area contributed by atoms with E-state index in [-0.39, 0.29) is 29.1 Å². The van der Waals surface area contributed by atoms with Crippen LogP contribution in [0.3, 0.4) is 0 Å². The van der Waals surface area contributed by atoms with E-state index in [1.807, 2.05) is 24.3 Å². The molecule has 0 saturated heterocycles. The van der Waals surface area contributed by atoms with E-state index in [0.717, 1.165) is 30.2 Å². The summed E-state index contributed by atoms with van der Waals surface area (Å²) >= 11 is 0. The fourth-order valence-corrected chi connectivity index (χ4v) is 2.73. The Kier molecular flexibility index (Phi) is 3.28. The van der Waals surface area contributed by atoms with Crippen LogP contribution < -0.4 is 16.6 Å². The molecule has 1 aromatic heterocycles. The molecule has 3 rings (SSSR count). The molecule has 0 unspecified atom stereocenters. The molecule has 1 aliphatic rings. The summed E-state index contributed by atoms with van der Waals surface area (Å²) < 4.78 is 0. The fourth-order valence-electron chi connectivity index (χ4n) is 2.73. The number of aromatic nitrogens is 1. The summed E-state index contributed by atoms with van der Waals surface area (Å²) in [6.45, 7) is 0. The maximum absolute atomic E-state index is 12.2. The SMILES string of the molecule is N[C@H]1CC[C@H](NC(=O)c2cc3ccccc3[nH]c2=O)C1. The van der Waals surface area contributed by atoms with Crippen LogP contribution in [0.15, 0.2) is 35.1 Å². The van der Waals surface area contributed by atoms with Crippen LogP contribution >= 0.6 is 0 Å². The van der Waals surface area contributed by atoms with Gasteiger partial charge in [-0.2, -0.15) is 0 Å². The number of rotatable bonds is 2. The van der Waals surface area contributed by atoms with Crippen molar-refractivity contribution in [2.45, 2.75) is 31.3 Å². The van der Waals surface area contributed by atoms with Gasteiger partial charge in [-0.1, -0.05) is 18.2 Å². The molecule has 0 radical (unpaired) electrons. The predicted molar refractivity (Wildman–Crippen MR) is 77.6 cm³/mol. The van der Waals surface area contributed by atoms with Crippen molar-refractivity contribution in [2.75, 3.05) is 0 Å². The Labute approximate surface area is 116 Å². The Morgan fingerprint density at radius 2 is 2.10 bits per heavy atom. The highest BCUT2D eigenvalue weighted by Gasteiger charge is 2.24. The molecule has 104 valence electrons. The third kappa shape index (κ3) is 2.44. The van der Waals surface area contributed by atoms with Gasteiger partial charge < -0.3 is 16.0 Å². The van der Waals surface area contributed by atoms with E-state index in [2.05, 4.69) is 10.3 Å². The molecule has 1 amide bonds. The molecule has 4 N–H and O–H groups in total. The molecule has 20 heavy (non-hydrogen) atoms. The van der Waals surface area contributed by atoms with Gasteiger partial charge in [0.1, 0.15) is 5.56 Å². The summed E-state index contributed by atoms with van der Waals surface area (Å²) in [7, 11) is 0. The van der Waals surface area contributed by atoms with Crippen molar-refractivity contribution < 1.29 is 4.79 Å². The number of benzene rings is 1. The van der Waals surface area contributed by atoms with Gasteiger partial charge in [-0.25, -0.2) is 0 Å². The van der Waals surface area contributed by atoms with Crippen molar-refractivity contribution in [3.05, 3.63) is 46.2 Å². The van der Waals surface area contributed by atoms with Crippen molar-refractivity contribution in [3.8, 4) is 0 Å². The Balaban J connectivity index is 1.87. The number of carbonyl (C=O) groups is 1. The molecule has 1 fully saturated rings. The van der Waals surface area contributed by atoms with Gasteiger partial charge >= 0.3 is 0 Å². The summed E-state index contributed by atoms with van der Waals surface area (Å²) in [5, 5.41) is 3.74. The average molecular weight is 271 g/mol. The first-order valence-electron chi connectivity index (χ1n) is 6.82. The first-order chi connectivity index (χ1) is 9.63. The van der Waals surface area contributed by atoms with Gasteiger partial charge in [0.25, 0.3) is 11.5 Å². The lowest BCUT2D eigenvalue weighted by atomic mass is 10.1. The molecule has 5 nitrogen and oxygen atoms in total. The van der Waals surface area contributed by atoms with Crippen LogP contribution in [-0.4, -0.2) is 23.0 Å². The number of nitrogens with one attached hydrogen (secondary N) is 2. The van der Waals surface area contributed by atoms with E-state index >= 15 is 0 Å². The number of aromatic amines is 1. The van der Waals surface area contributed by atoms with Crippen LogP contribution in [0.25, 0.3) is 10.9 Å². The third-order valence-corrected chi connectivity index (χ3v) is 3.81. The van der Waals surface area contributed by atoms with Gasteiger partial charge in [-0.3, -0.25) is 9.59 Å². The smallest absolute Gasteiger partial charge is 0.261 e. The predicted octanol–water partition coefficient (Wildman–Crippen LogP) is 1.14. The second-order valence-corrected chi connectivity index (χ2v) is 5.34. The largest absolute Gasteiger partial charge is 0.349 e. The topological polar surface area (TPSA) is 88.0 Å². The highest BCUT2D eigenvalue weighted by Crippen LogP contribution is 2.17. The van der Waals surface area contributed by atoms with Crippen LogP contribution in [0.5, 0.6) is 0 Å². The standard InChI is InChI=1S/C15H17N3O2/c16-10-5-6-11(8-10)17-14(19)12-7-9-3-1-2-4-13(9)18-15(12)20/h1-4,7,10-11H,5-6,8,16H2,(H,17,19)(H,18,20)/t10-,11-/m0/s1. The maximum atomic E-state index is 12.2. The molecule has 0 aliphatic heterocycles. The molecule has 1 aromatic carbocycles. The molecule has 0 spiro atoms. The number of hydrogen-bond acceptors (Lipinski definition) is 3. The second-order valence-electron chi connectivity index (χ2n) is 5.34. The second kappa shape index (κ2) is 5.09. The number of fused-ring (bicyclic) bond motifs is 1. The minimum Gasteiger partial charge on any atom is -0.349 e. The van der Waals surface area contributed by atoms with Crippen LogP contribution in [-0.2, 0) is 0 Å². The minimum atomic E-state index is -0.358. The number of H-pyrrole nitrogens is 1. The van der Waals surface area contributed by atoms with Crippen molar-refractivity contribution >= 4 is 16.8 Å². The summed E-state index contributed by atoms with van der Waals surface area (Å²) in [5.74, 6) is -0.323. The normalized spacial score (nSPS) is 22.1. The molecule has 2 atom stereocenters. The maximum Gasteiger partial charge on any atom is 0.261 e. The lowest BCUT2D eigenvalue weighted by molar-refractivity contribution is 0.0936. The van der Waals surface area contributed by atoms with Crippen LogP contribution in [0, 0.1) is 0 Å². The number of carbonyl (C=O) groups excluding carboxylic acids is 1. The number of amides is 1. The van der Waals surface area contributed by atoms with E-state index in [1.165, 1.54) is 0 Å². The molecule has 1 saturated carbocycles. The van der Waals surface area contributed by atoms with Crippen molar-refractivity contribution in [1.29, 1.82) is 0 Å². The quantitative estimate of drug-likeness (QED) is 0.765. The van der Waals surface area contributed by atoms with E-state index in [9.17, 15) is 9.59 Å². The van der Waals surface area contributed by atoms with Crippen LogP contribution in [0.1, 0.15) is 29.6 Å². The lowest BCUT2D eigenvalue weighted by Crippen LogP contribution is -2.36. The zero-order chi connectivity index (χ0) is 14.1. The lowest BCUT2D eigenvalue weighted by Gasteiger charge is -2.12. The van der Waals surface area contributed by atoms with Gasteiger partial charge in [0.05, 0.1) is 0 Å². The number of hydrogen-bond donors (Lipinski definition) is 3. The molecular weight excluding hydrogens is 254 g/mol. The first kappa shape index (κ1) is 12.9. The zero-order valence-corrected chi connectivity index (χ0v) is 11.1. The Bertz CT molecular complexity index is 708.